The highest BCUT2D eigenvalue weighted by molar-refractivity contribution is 5.84. The molecule has 7 heteroatoms. The molecule has 1 aromatic rings. The first-order valence-corrected chi connectivity index (χ1v) is 10.5. The van der Waals surface area contributed by atoms with E-state index < -0.39 is 0 Å². The molecular formula is C21H35N3O4. The lowest BCUT2D eigenvalue weighted by Gasteiger charge is -2.34. The summed E-state index contributed by atoms with van der Waals surface area (Å²) in [6, 6.07) is 2.28. The highest BCUT2D eigenvalue weighted by Gasteiger charge is 2.36. The second-order valence-electron chi connectivity index (χ2n) is 8.50. The fourth-order valence-electron chi connectivity index (χ4n) is 4.63. The van der Waals surface area contributed by atoms with Gasteiger partial charge in [0.2, 0.25) is 5.91 Å². The molecule has 0 spiro atoms. The number of amides is 1. The number of aromatic nitrogens is 1. The van der Waals surface area contributed by atoms with E-state index in [0.29, 0.717) is 17.7 Å². The minimum absolute atomic E-state index is 0.152. The second-order valence-corrected chi connectivity index (χ2v) is 8.50. The molecule has 28 heavy (non-hydrogen) atoms. The molecule has 0 N–H and O–H groups in total. The predicted octanol–water partition coefficient (Wildman–Crippen LogP) is 3.26. The van der Waals surface area contributed by atoms with Crippen molar-refractivity contribution in [2.24, 2.45) is 11.8 Å². The third kappa shape index (κ3) is 4.35. The van der Waals surface area contributed by atoms with Crippen molar-refractivity contribution in [2.45, 2.75) is 64.7 Å². The Morgan fingerprint density at radius 2 is 1.86 bits per heavy atom. The summed E-state index contributed by atoms with van der Waals surface area (Å²) in [5.41, 5.74) is 0. The van der Waals surface area contributed by atoms with E-state index in [1.54, 1.807) is 14.2 Å². The lowest BCUT2D eigenvalue weighted by molar-refractivity contribution is -0.141. The molecule has 2 aliphatic rings. The van der Waals surface area contributed by atoms with E-state index in [1.807, 2.05) is 11.0 Å². The minimum Gasteiger partial charge on any atom is -0.358 e. The summed E-state index contributed by atoms with van der Waals surface area (Å²) < 4.78 is 16.5. The van der Waals surface area contributed by atoms with Crippen LogP contribution in [-0.4, -0.2) is 62.1 Å². The lowest BCUT2D eigenvalue weighted by atomic mass is 9.91. The SMILES string of the molecule is COC(OC)C1CCN(c2cc(C(C(=O)N3CCCC3C)C(C)C)on2)CC1. The van der Waals surface area contributed by atoms with Crippen molar-refractivity contribution in [3.8, 4) is 0 Å². The molecule has 0 aliphatic carbocycles. The number of hydrogen-bond acceptors (Lipinski definition) is 6. The van der Waals surface area contributed by atoms with Crippen molar-refractivity contribution in [3.05, 3.63) is 11.8 Å². The first kappa shape index (κ1) is 21.1. The molecule has 3 rings (SSSR count). The van der Waals surface area contributed by atoms with Crippen LogP contribution in [-0.2, 0) is 14.3 Å². The maximum atomic E-state index is 13.2. The minimum atomic E-state index is -0.272. The van der Waals surface area contributed by atoms with Gasteiger partial charge in [0.05, 0.1) is 0 Å². The highest BCUT2D eigenvalue weighted by Crippen LogP contribution is 2.33. The fourth-order valence-corrected chi connectivity index (χ4v) is 4.63. The Labute approximate surface area is 168 Å². The van der Waals surface area contributed by atoms with Gasteiger partial charge in [-0.15, -0.1) is 0 Å². The monoisotopic (exact) mass is 393 g/mol. The summed E-state index contributed by atoms with van der Waals surface area (Å²) in [5, 5.41) is 4.30. The van der Waals surface area contributed by atoms with Gasteiger partial charge in [-0.1, -0.05) is 19.0 Å². The van der Waals surface area contributed by atoms with Gasteiger partial charge in [-0.2, -0.15) is 0 Å². The summed E-state index contributed by atoms with van der Waals surface area (Å²) >= 11 is 0. The van der Waals surface area contributed by atoms with Crippen molar-refractivity contribution in [1.29, 1.82) is 0 Å². The normalized spacial score (nSPS) is 22.5. The number of rotatable bonds is 7. The van der Waals surface area contributed by atoms with E-state index in [2.05, 4.69) is 30.8 Å². The predicted molar refractivity (Wildman–Crippen MR) is 107 cm³/mol. The molecule has 1 aromatic heterocycles. The van der Waals surface area contributed by atoms with Gasteiger partial charge < -0.3 is 23.8 Å². The molecule has 7 nitrogen and oxygen atoms in total. The summed E-state index contributed by atoms with van der Waals surface area (Å²) in [6.07, 6.45) is 3.97. The lowest BCUT2D eigenvalue weighted by Crippen LogP contribution is -2.39. The van der Waals surface area contributed by atoms with Gasteiger partial charge in [-0.3, -0.25) is 4.79 Å². The Hall–Kier alpha value is -1.60. The van der Waals surface area contributed by atoms with Gasteiger partial charge in [0.1, 0.15) is 5.92 Å². The number of carbonyl (C=O) groups excluding carboxylic acids is 1. The van der Waals surface area contributed by atoms with Crippen molar-refractivity contribution >= 4 is 11.7 Å². The van der Waals surface area contributed by atoms with Crippen molar-refractivity contribution in [3.63, 3.8) is 0 Å². The van der Waals surface area contributed by atoms with Crippen molar-refractivity contribution < 1.29 is 18.8 Å². The average molecular weight is 394 g/mol. The van der Waals surface area contributed by atoms with Crippen LogP contribution in [0.4, 0.5) is 5.82 Å². The molecule has 158 valence electrons. The molecule has 2 aliphatic heterocycles. The number of nitrogens with zero attached hydrogens (tertiary/aromatic N) is 3. The number of carbonyl (C=O) groups is 1. The van der Waals surface area contributed by atoms with Crippen molar-refractivity contribution in [1.82, 2.24) is 10.1 Å². The third-order valence-corrected chi connectivity index (χ3v) is 6.30. The van der Waals surface area contributed by atoms with Gasteiger partial charge in [0.15, 0.2) is 17.9 Å². The van der Waals surface area contributed by atoms with Crippen LogP contribution in [0.3, 0.4) is 0 Å². The molecule has 0 bridgehead atoms. The Kier molecular flexibility index (Phi) is 6.99. The van der Waals surface area contributed by atoms with E-state index >= 15 is 0 Å². The van der Waals surface area contributed by atoms with Gasteiger partial charge in [-0.05, 0) is 38.5 Å². The smallest absolute Gasteiger partial charge is 0.233 e. The zero-order valence-electron chi connectivity index (χ0n) is 17.9. The fraction of sp³-hybridized carbons (Fsp3) is 0.810. The number of methoxy groups -OCH3 is 2. The zero-order chi connectivity index (χ0) is 20.3. The highest BCUT2D eigenvalue weighted by atomic mass is 16.7. The molecule has 0 saturated carbocycles. The largest absolute Gasteiger partial charge is 0.358 e. The Balaban J connectivity index is 1.67. The number of piperidine rings is 1. The van der Waals surface area contributed by atoms with Crippen LogP contribution < -0.4 is 4.90 Å². The molecule has 0 radical (unpaired) electrons. The second kappa shape index (κ2) is 9.27. The van der Waals surface area contributed by atoms with Crippen LogP contribution in [0.1, 0.15) is 58.1 Å². The van der Waals surface area contributed by atoms with E-state index in [-0.39, 0.29) is 24.0 Å². The number of ether oxygens (including phenoxy) is 2. The molecule has 2 unspecified atom stereocenters. The van der Waals surface area contributed by atoms with Crippen LogP contribution in [0, 0.1) is 11.8 Å². The van der Waals surface area contributed by atoms with Crippen LogP contribution >= 0.6 is 0 Å². The van der Waals surface area contributed by atoms with Gasteiger partial charge in [0.25, 0.3) is 0 Å². The Morgan fingerprint density at radius 1 is 1.18 bits per heavy atom. The van der Waals surface area contributed by atoms with E-state index in [0.717, 1.165) is 51.1 Å². The quantitative estimate of drug-likeness (QED) is 0.663. The van der Waals surface area contributed by atoms with Gasteiger partial charge in [0, 0.05) is 51.9 Å². The summed E-state index contributed by atoms with van der Waals surface area (Å²) in [6.45, 7) is 8.88. The zero-order valence-corrected chi connectivity index (χ0v) is 17.9. The van der Waals surface area contributed by atoms with Gasteiger partial charge in [-0.25, -0.2) is 0 Å². The maximum Gasteiger partial charge on any atom is 0.233 e. The van der Waals surface area contributed by atoms with Gasteiger partial charge >= 0.3 is 0 Å². The van der Waals surface area contributed by atoms with E-state index in [4.69, 9.17) is 14.0 Å². The molecular weight excluding hydrogens is 358 g/mol. The van der Waals surface area contributed by atoms with Crippen LogP contribution in [0.2, 0.25) is 0 Å². The number of likely N-dealkylation sites (tertiary alicyclic amines) is 1. The standard InChI is InChI=1S/C21H35N3O4/c1-14(2)19(20(25)24-10-6-7-15(24)3)17-13-18(22-28-17)23-11-8-16(9-12-23)21(26-4)27-5/h13-16,19,21H,6-12H2,1-5H3. The Bertz CT molecular complexity index is 635. The molecule has 2 saturated heterocycles. The molecule has 0 aromatic carbocycles. The summed E-state index contributed by atoms with van der Waals surface area (Å²) in [5.74, 6) is 1.96. The molecule has 3 heterocycles. The van der Waals surface area contributed by atoms with Crippen LogP contribution in [0.5, 0.6) is 0 Å². The number of hydrogen-bond donors (Lipinski definition) is 0. The van der Waals surface area contributed by atoms with Crippen molar-refractivity contribution in [2.75, 3.05) is 38.8 Å². The van der Waals surface area contributed by atoms with Crippen LogP contribution in [0.25, 0.3) is 0 Å². The average Bonchev–Trinajstić information content (AvgIpc) is 3.32. The first-order valence-electron chi connectivity index (χ1n) is 10.5. The van der Waals surface area contributed by atoms with E-state index in [1.165, 1.54) is 0 Å². The number of anilines is 1. The first-order chi connectivity index (χ1) is 13.5. The maximum absolute atomic E-state index is 13.2. The summed E-state index contributed by atoms with van der Waals surface area (Å²) in [7, 11) is 3.38. The Morgan fingerprint density at radius 3 is 2.39 bits per heavy atom. The molecule has 2 fully saturated rings. The molecule has 1 amide bonds. The topological polar surface area (TPSA) is 68.0 Å². The van der Waals surface area contributed by atoms with Crippen LogP contribution in [0.15, 0.2) is 10.6 Å². The van der Waals surface area contributed by atoms with E-state index in [9.17, 15) is 4.79 Å². The summed E-state index contributed by atoms with van der Waals surface area (Å²) in [4.78, 5) is 17.4. The third-order valence-electron chi connectivity index (χ3n) is 6.30. The molecule has 2 atom stereocenters.